The van der Waals surface area contributed by atoms with E-state index in [9.17, 15) is 4.79 Å². The maximum absolute atomic E-state index is 11.4. The Morgan fingerprint density at radius 1 is 1.71 bits per heavy atom. The summed E-state index contributed by atoms with van der Waals surface area (Å²) in [6, 6.07) is 1.65. The molecule has 0 radical (unpaired) electrons. The summed E-state index contributed by atoms with van der Waals surface area (Å²) in [5, 5.41) is 6.22. The SMILES string of the molecule is Cc1cc(NC(=O)CC(C)(C)N)on1. The molecule has 0 unspecified atom stereocenters. The van der Waals surface area contributed by atoms with Crippen molar-refractivity contribution < 1.29 is 9.32 Å². The van der Waals surface area contributed by atoms with E-state index in [2.05, 4.69) is 10.5 Å². The van der Waals surface area contributed by atoms with Crippen LogP contribution in [0.25, 0.3) is 0 Å². The fraction of sp³-hybridized carbons (Fsp3) is 0.556. The lowest BCUT2D eigenvalue weighted by atomic mass is 10.0. The van der Waals surface area contributed by atoms with Gasteiger partial charge in [0, 0.05) is 18.0 Å². The van der Waals surface area contributed by atoms with Gasteiger partial charge in [-0.05, 0) is 20.8 Å². The van der Waals surface area contributed by atoms with Gasteiger partial charge in [0.2, 0.25) is 11.8 Å². The van der Waals surface area contributed by atoms with Crippen LogP contribution in [-0.4, -0.2) is 16.6 Å². The van der Waals surface area contributed by atoms with Crippen LogP contribution in [0.3, 0.4) is 0 Å². The van der Waals surface area contributed by atoms with Crippen molar-refractivity contribution in [2.45, 2.75) is 32.7 Å². The number of amides is 1. The Kier molecular flexibility index (Phi) is 2.90. The molecule has 0 aromatic carbocycles. The molecule has 5 heteroatoms. The Hall–Kier alpha value is -1.36. The molecule has 5 nitrogen and oxygen atoms in total. The summed E-state index contributed by atoms with van der Waals surface area (Å²) in [6.45, 7) is 5.36. The maximum atomic E-state index is 11.4. The average Bonchev–Trinajstić information content (AvgIpc) is 2.30. The van der Waals surface area contributed by atoms with Crippen LogP contribution < -0.4 is 11.1 Å². The Morgan fingerprint density at radius 2 is 2.36 bits per heavy atom. The Bertz CT molecular complexity index is 325. The number of nitrogens with one attached hydrogen (secondary N) is 1. The number of aromatic nitrogens is 1. The van der Waals surface area contributed by atoms with Crippen molar-refractivity contribution in [3.8, 4) is 0 Å². The van der Waals surface area contributed by atoms with Crippen LogP contribution in [0, 0.1) is 6.92 Å². The molecule has 1 amide bonds. The molecule has 0 fully saturated rings. The Balaban J connectivity index is 2.50. The van der Waals surface area contributed by atoms with Gasteiger partial charge in [-0.25, -0.2) is 0 Å². The number of nitrogens with two attached hydrogens (primary N) is 1. The number of hydrogen-bond acceptors (Lipinski definition) is 4. The number of anilines is 1. The molecule has 1 rings (SSSR count). The first-order valence-electron chi connectivity index (χ1n) is 4.39. The number of nitrogens with zero attached hydrogens (tertiary/aromatic N) is 1. The molecule has 0 spiro atoms. The molecule has 0 saturated carbocycles. The molecular weight excluding hydrogens is 182 g/mol. The second-order valence-corrected chi connectivity index (χ2v) is 4.05. The first-order chi connectivity index (χ1) is 6.37. The fourth-order valence-corrected chi connectivity index (χ4v) is 1.02. The first-order valence-corrected chi connectivity index (χ1v) is 4.39. The van der Waals surface area contributed by atoms with Crippen molar-refractivity contribution in [3.63, 3.8) is 0 Å². The zero-order valence-corrected chi connectivity index (χ0v) is 8.63. The van der Waals surface area contributed by atoms with Crippen LogP contribution in [0.2, 0.25) is 0 Å². The van der Waals surface area contributed by atoms with E-state index >= 15 is 0 Å². The standard InChI is InChI=1S/C9H15N3O2/c1-6-4-8(14-12-6)11-7(13)5-9(2,3)10/h4H,5,10H2,1-3H3,(H,11,13). The molecule has 1 aromatic rings. The molecule has 3 N–H and O–H groups in total. The van der Waals surface area contributed by atoms with Gasteiger partial charge in [-0.15, -0.1) is 0 Å². The van der Waals surface area contributed by atoms with E-state index in [0.717, 1.165) is 5.69 Å². The number of carbonyl (C=O) groups excluding carboxylic acids is 1. The normalized spacial score (nSPS) is 11.4. The van der Waals surface area contributed by atoms with Crippen molar-refractivity contribution in [1.29, 1.82) is 0 Å². The maximum Gasteiger partial charge on any atom is 0.231 e. The lowest BCUT2D eigenvalue weighted by Gasteiger charge is -2.16. The van der Waals surface area contributed by atoms with E-state index in [1.807, 2.05) is 0 Å². The second-order valence-electron chi connectivity index (χ2n) is 4.05. The highest BCUT2D eigenvalue weighted by Gasteiger charge is 2.17. The van der Waals surface area contributed by atoms with Gasteiger partial charge in [-0.2, -0.15) is 0 Å². The lowest BCUT2D eigenvalue weighted by molar-refractivity contribution is -0.117. The van der Waals surface area contributed by atoms with Crippen molar-refractivity contribution >= 4 is 11.8 Å². The zero-order valence-electron chi connectivity index (χ0n) is 8.63. The van der Waals surface area contributed by atoms with Crippen LogP contribution in [0.15, 0.2) is 10.6 Å². The Labute approximate surface area is 82.6 Å². The third-order valence-electron chi connectivity index (χ3n) is 1.51. The predicted molar refractivity (Wildman–Crippen MR) is 52.8 cm³/mol. The van der Waals surface area contributed by atoms with Crippen LogP contribution in [-0.2, 0) is 4.79 Å². The predicted octanol–water partition coefficient (Wildman–Crippen LogP) is 1.05. The van der Waals surface area contributed by atoms with Crippen LogP contribution in [0.1, 0.15) is 26.0 Å². The summed E-state index contributed by atoms with van der Waals surface area (Å²) in [4.78, 5) is 11.4. The number of aryl methyl sites for hydroxylation is 1. The van der Waals surface area contributed by atoms with Gasteiger partial charge in [0.05, 0.1) is 5.69 Å². The minimum absolute atomic E-state index is 0.173. The molecule has 0 aliphatic carbocycles. The fourth-order valence-electron chi connectivity index (χ4n) is 1.02. The number of rotatable bonds is 3. The quantitative estimate of drug-likeness (QED) is 0.758. The van der Waals surface area contributed by atoms with E-state index < -0.39 is 5.54 Å². The van der Waals surface area contributed by atoms with E-state index in [1.165, 1.54) is 0 Å². The highest BCUT2D eigenvalue weighted by atomic mass is 16.5. The Morgan fingerprint density at radius 3 is 2.79 bits per heavy atom. The van der Waals surface area contributed by atoms with Gasteiger partial charge in [-0.3, -0.25) is 10.1 Å². The highest BCUT2D eigenvalue weighted by Crippen LogP contribution is 2.10. The minimum Gasteiger partial charge on any atom is -0.338 e. The molecule has 0 saturated heterocycles. The third kappa shape index (κ3) is 3.57. The van der Waals surface area contributed by atoms with Gasteiger partial charge >= 0.3 is 0 Å². The molecule has 1 heterocycles. The van der Waals surface area contributed by atoms with Crippen molar-refractivity contribution in [2.75, 3.05) is 5.32 Å². The second kappa shape index (κ2) is 3.79. The lowest BCUT2D eigenvalue weighted by Crippen LogP contribution is -2.36. The minimum atomic E-state index is -0.515. The average molecular weight is 197 g/mol. The van der Waals surface area contributed by atoms with Crippen LogP contribution >= 0.6 is 0 Å². The van der Waals surface area contributed by atoms with E-state index in [4.69, 9.17) is 10.3 Å². The molecule has 78 valence electrons. The molecular formula is C9H15N3O2. The molecule has 1 aromatic heterocycles. The first kappa shape index (κ1) is 10.7. The van der Waals surface area contributed by atoms with Crippen molar-refractivity contribution in [2.24, 2.45) is 5.73 Å². The van der Waals surface area contributed by atoms with Gasteiger partial charge in [0.1, 0.15) is 0 Å². The van der Waals surface area contributed by atoms with Gasteiger partial charge in [0.25, 0.3) is 0 Å². The van der Waals surface area contributed by atoms with E-state index in [-0.39, 0.29) is 12.3 Å². The summed E-state index contributed by atoms with van der Waals surface area (Å²) >= 11 is 0. The monoisotopic (exact) mass is 197 g/mol. The third-order valence-corrected chi connectivity index (χ3v) is 1.51. The molecule has 0 aliphatic rings. The van der Waals surface area contributed by atoms with E-state index in [0.29, 0.717) is 5.88 Å². The molecule has 0 bridgehead atoms. The van der Waals surface area contributed by atoms with Crippen molar-refractivity contribution in [3.05, 3.63) is 11.8 Å². The summed E-state index contributed by atoms with van der Waals surface area (Å²) in [5.41, 5.74) is 5.90. The zero-order chi connectivity index (χ0) is 10.8. The largest absolute Gasteiger partial charge is 0.338 e. The summed E-state index contributed by atoms with van der Waals surface area (Å²) in [7, 11) is 0. The molecule has 14 heavy (non-hydrogen) atoms. The van der Waals surface area contributed by atoms with Crippen LogP contribution in [0.4, 0.5) is 5.88 Å². The smallest absolute Gasteiger partial charge is 0.231 e. The van der Waals surface area contributed by atoms with Crippen LogP contribution in [0.5, 0.6) is 0 Å². The van der Waals surface area contributed by atoms with Gasteiger partial charge in [-0.1, -0.05) is 5.16 Å². The molecule has 0 aliphatic heterocycles. The van der Waals surface area contributed by atoms with Gasteiger partial charge in [0.15, 0.2) is 0 Å². The summed E-state index contributed by atoms with van der Waals surface area (Å²) in [5.74, 6) is 0.186. The van der Waals surface area contributed by atoms with Gasteiger partial charge < -0.3 is 10.3 Å². The van der Waals surface area contributed by atoms with E-state index in [1.54, 1.807) is 26.8 Å². The summed E-state index contributed by atoms with van der Waals surface area (Å²) < 4.78 is 4.83. The molecule has 0 atom stereocenters. The topological polar surface area (TPSA) is 81.2 Å². The summed E-state index contributed by atoms with van der Waals surface area (Å²) in [6.07, 6.45) is 0.243. The number of hydrogen-bond donors (Lipinski definition) is 2. The highest BCUT2D eigenvalue weighted by molar-refractivity contribution is 5.90. The number of carbonyl (C=O) groups is 1. The van der Waals surface area contributed by atoms with Crippen molar-refractivity contribution in [1.82, 2.24) is 5.16 Å².